The summed E-state index contributed by atoms with van der Waals surface area (Å²) in [6, 6.07) is 7.65. The topological polar surface area (TPSA) is 64.6 Å². The molecule has 1 fully saturated rings. The first-order valence-corrected chi connectivity index (χ1v) is 8.05. The van der Waals surface area contributed by atoms with Crippen LogP contribution in [0.2, 0.25) is 5.02 Å². The van der Waals surface area contributed by atoms with Crippen molar-refractivity contribution in [3.05, 3.63) is 29.3 Å². The molecule has 0 aliphatic carbocycles. The average molecular weight is 326 g/mol. The number of anilines is 1. The SMILES string of the molecule is CC(CO)C(C)NC(=O)NC1CCN(c2ccc(Cl)cc2)C1. The molecule has 6 heteroatoms. The van der Waals surface area contributed by atoms with Gasteiger partial charge in [-0.05, 0) is 43.5 Å². The van der Waals surface area contributed by atoms with Crippen LogP contribution in [-0.2, 0) is 0 Å². The van der Waals surface area contributed by atoms with Crippen molar-refractivity contribution in [3.8, 4) is 0 Å². The first-order valence-electron chi connectivity index (χ1n) is 7.68. The summed E-state index contributed by atoms with van der Waals surface area (Å²) in [5, 5.41) is 15.7. The number of nitrogens with zero attached hydrogens (tertiary/aromatic N) is 1. The van der Waals surface area contributed by atoms with E-state index in [0.717, 1.165) is 30.2 Å². The Morgan fingerprint density at radius 3 is 2.73 bits per heavy atom. The van der Waals surface area contributed by atoms with Gasteiger partial charge in [0.05, 0.1) is 0 Å². The second kappa shape index (κ2) is 7.70. The summed E-state index contributed by atoms with van der Waals surface area (Å²) >= 11 is 5.90. The molecule has 0 spiro atoms. The second-order valence-corrected chi connectivity index (χ2v) is 6.41. The Hall–Kier alpha value is -1.46. The van der Waals surface area contributed by atoms with E-state index in [9.17, 15) is 4.79 Å². The lowest BCUT2D eigenvalue weighted by Crippen LogP contribution is -2.48. The predicted octanol–water partition coefficient (Wildman–Crippen LogP) is 2.23. The Morgan fingerprint density at radius 2 is 2.09 bits per heavy atom. The maximum Gasteiger partial charge on any atom is 0.315 e. The van der Waals surface area contributed by atoms with Crippen molar-refractivity contribution in [2.24, 2.45) is 5.92 Å². The Labute approximate surface area is 136 Å². The number of hydrogen-bond acceptors (Lipinski definition) is 3. The van der Waals surface area contributed by atoms with E-state index >= 15 is 0 Å². The number of nitrogens with one attached hydrogen (secondary N) is 2. The highest BCUT2D eigenvalue weighted by atomic mass is 35.5. The van der Waals surface area contributed by atoms with Gasteiger partial charge in [0.2, 0.25) is 0 Å². The minimum Gasteiger partial charge on any atom is -0.396 e. The number of halogens is 1. The van der Waals surface area contributed by atoms with Gasteiger partial charge in [0.25, 0.3) is 0 Å². The fraction of sp³-hybridized carbons (Fsp3) is 0.562. The minimum atomic E-state index is -0.171. The summed E-state index contributed by atoms with van der Waals surface area (Å²) in [4.78, 5) is 14.2. The third-order valence-corrected chi connectivity index (χ3v) is 4.47. The summed E-state index contributed by atoms with van der Waals surface area (Å²) in [6.45, 7) is 5.57. The minimum absolute atomic E-state index is 0.0416. The van der Waals surface area contributed by atoms with Crippen molar-refractivity contribution in [1.29, 1.82) is 0 Å². The molecule has 0 bridgehead atoms. The van der Waals surface area contributed by atoms with E-state index in [0.29, 0.717) is 0 Å². The van der Waals surface area contributed by atoms with Gasteiger partial charge < -0.3 is 20.6 Å². The van der Waals surface area contributed by atoms with E-state index in [-0.39, 0.29) is 30.6 Å². The zero-order valence-electron chi connectivity index (χ0n) is 13.1. The number of urea groups is 1. The van der Waals surface area contributed by atoms with Gasteiger partial charge in [-0.15, -0.1) is 0 Å². The highest BCUT2D eigenvalue weighted by Gasteiger charge is 2.24. The van der Waals surface area contributed by atoms with Gasteiger partial charge in [-0.1, -0.05) is 18.5 Å². The van der Waals surface area contributed by atoms with E-state index < -0.39 is 0 Å². The van der Waals surface area contributed by atoms with Crippen molar-refractivity contribution in [3.63, 3.8) is 0 Å². The number of benzene rings is 1. The molecular weight excluding hydrogens is 302 g/mol. The maximum absolute atomic E-state index is 12.0. The van der Waals surface area contributed by atoms with Gasteiger partial charge in [0, 0.05) is 42.5 Å². The standard InChI is InChI=1S/C16H24ClN3O2/c1-11(10-21)12(2)18-16(22)19-14-7-8-20(9-14)15-5-3-13(17)4-6-15/h3-6,11-12,14,21H,7-10H2,1-2H3,(H2,18,19,22). The van der Waals surface area contributed by atoms with Crippen molar-refractivity contribution in [1.82, 2.24) is 10.6 Å². The Balaban J connectivity index is 1.81. The molecule has 0 aromatic heterocycles. The van der Waals surface area contributed by atoms with Gasteiger partial charge in [-0.3, -0.25) is 0 Å². The number of carbonyl (C=O) groups is 1. The number of rotatable bonds is 5. The lowest BCUT2D eigenvalue weighted by Gasteiger charge is -2.22. The molecule has 22 heavy (non-hydrogen) atoms. The molecule has 0 radical (unpaired) electrons. The molecule has 1 heterocycles. The Bertz CT molecular complexity index is 495. The summed E-state index contributed by atoms with van der Waals surface area (Å²) in [6.07, 6.45) is 0.917. The van der Waals surface area contributed by atoms with E-state index in [1.54, 1.807) is 0 Å². The molecule has 1 saturated heterocycles. The van der Waals surface area contributed by atoms with E-state index in [1.807, 2.05) is 38.1 Å². The van der Waals surface area contributed by atoms with Crippen LogP contribution in [0.15, 0.2) is 24.3 Å². The number of hydrogen-bond donors (Lipinski definition) is 3. The third kappa shape index (κ3) is 4.52. The first kappa shape index (κ1) is 16.9. The van der Waals surface area contributed by atoms with Crippen molar-refractivity contribution >= 4 is 23.3 Å². The second-order valence-electron chi connectivity index (χ2n) is 5.97. The van der Waals surface area contributed by atoms with E-state index in [2.05, 4.69) is 15.5 Å². The highest BCUT2D eigenvalue weighted by Crippen LogP contribution is 2.22. The van der Waals surface area contributed by atoms with Gasteiger partial charge in [0.1, 0.15) is 0 Å². The molecule has 1 aliphatic heterocycles. The Morgan fingerprint density at radius 1 is 1.41 bits per heavy atom. The lowest BCUT2D eigenvalue weighted by molar-refractivity contribution is 0.199. The number of amides is 2. The summed E-state index contributed by atoms with van der Waals surface area (Å²) in [5.41, 5.74) is 1.12. The fourth-order valence-corrected chi connectivity index (χ4v) is 2.62. The van der Waals surface area contributed by atoms with Crippen molar-refractivity contribution < 1.29 is 9.90 Å². The largest absolute Gasteiger partial charge is 0.396 e. The average Bonchev–Trinajstić information content (AvgIpc) is 2.95. The van der Waals surface area contributed by atoms with Crippen LogP contribution in [0.25, 0.3) is 0 Å². The van der Waals surface area contributed by atoms with Gasteiger partial charge in [-0.25, -0.2) is 4.79 Å². The quantitative estimate of drug-likeness (QED) is 0.778. The predicted molar refractivity (Wildman–Crippen MR) is 89.4 cm³/mol. The number of aliphatic hydroxyl groups excluding tert-OH is 1. The van der Waals surface area contributed by atoms with Gasteiger partial charge >= 0.3 is 6.03 Å². The summed E-state index contributed by atoms with van der Waals surface area (Å²) < 4.78 is 0. The third-order valence-electron chi connectivity index (χ3n) is 4.22. The van der Waals surface area contributed by atoms with Crippen LogP contribution >= 0.6 is 11.6 Å². The molecule has 5 nitrogen and oxygen atoms in total. The zero-order chi connectivity index (χ0) is 16.1. The molecule has 3 atom stereocenters. The van der Waals surface area contributed by atoms with Crippen LogP contribution in [0.3, 0.4) is 0 Å². The van der Waals surface area contributed by atoms with Crippen molar-refractivity contribution in [2.45, 2.75) is 32.4 Å². The maximum atomic E-state index is 12.0. The number of carbonyl (C=O) groups excluding carboxylic acids is 1. The Kier molecular flexibility index (Phi) is 5.91. The zero-order valence-corrected chi connectivity index (χ0v) is 13.8. The van der Waals surface area contributed by atoms with Crippen LogP contribution in [-0.4, -0.2) is 42.9 Å². The summed E-state index contributed by atoms with van der Waals surface area (Å²) in [5.74, 6) is 0.0416. The molecule has 3 N–H and O–H groups in total. The molecule has 1 aliphatic rings. The summed E-state index contributed by atoms with van der Waals surface area (Å²) in [7, 11) is 0. The van der Waals surface area contributed by atoms with Gasteiger partial charge in [0.15, 0.2) is 0 Å². The van der Waals surface area contributed by atoms with Gasteiger partial charge in [-0.2, -0.15) is 0 Å². The molecule has 2 amide bonds. The normalized spacial score (nSPS) is 20.5. The van der Waals surface area contributed by atoms with Crippen LogP contribution in [0, 0.1) is 5.92 Å². The number of aliphatic hydroxyl groups is 1. The fourth-order valence-electron chi connectivity index (χ4n) is 2.50. The molecule has 1 aromatic carbocycles. The lowest BCUT2D eigenvalue weighted by atomic mass is 10.1. The molecule has 122 valence electrons. The first-order chi connectivity index (χ1) is 10.5. The monoisotopic (exact) mass is 325 g/mol. The van der Waals surface area contributed by atoms with E-state index in [4.69, 9.17) is 16.7 Å². The van der Waals surface area contributed by atoms with E-state index in [1.165, 1.54) is 0 Å². The van der Waals surface area contributed by atoms with Crippen LogP contribution in [0.5, 0.6) is 0 Å². The smallest absolute Gasteiger partial charge is 0.315 e. The molecular formula is C16H24ClN3O2. The van der Waals surface area contributed by atoms with Crippen LogP contribution in [0.1, 0.15) is 20.3 Å². The van der Waals surface area contributed by atoms with Crippen molar-refractivity contribution in [2.75, 3.05) is 24.6 Å². The van der Waals surface area contributed by atoms with Crippen LogP contribution in [0.4, 0.5) is 10.5 Å². The van der Waals surface area contributed by atoms with Crippen LogP contribution < -0.4 is 15.5 Å². The molecule has 0 saturated carbocycles. The molecule has 2 rings (SSSR count). The molecule has 1 aromatic rings. The molecule has 3 unspecified atom stereocenters. The highest BCUT2D eigenvalue weighted by molar-refractivity contribution is 6.30.